The average molecular weight is 385 g/mol. The lowest BCUT2D eigenvalue weighted by Crippen LogP contribution is -2.28. The number of carboxylic acid groups (broad SMARTS) is 1. The van der Waals surface area contributed by atoms with Gasteiger partial charge in [-0.3, -0.25) is 9.59 Å². The Labute approximate surface area is 157 Å². The Bertz CT molecular complexity index is 906. The summed E-state index contributed by atoms with van der Waals surface area (Å²) >= 11 is 1.10. The number of amides is 2. The van der Waals surface area contributed by atoms with Gasteiger partial charge in [-0.15, -0.1) is 5.10 Å². The van der Waals surface area contributed by atoms with E-state index < -0.39 is 11.2 Å². The van der Waals surface area contributed by atoms with Crippen LogP contribution in [0.4, 0.5) is 5.69 Å². The zero-order valence-corrected chi connectivity index (χ0v) is 14.6. The number of carbonyl (C=O) groups excluding carboxylic acids is 3. The summed E-state index contributed by atoms with van der Waals surface area (Å²) in [6, 6.07) is 8.95. The molecular weight excluding hydrogens is 372 g/mol. The number of anilines is 1. The van der Waals surface area contributed by atoms with Crippen LogP contribution < -0.4 is 15.7 Å². The van der Waals surface area contributed by atoms with Crippen molar-refractivity contribution >= 4 is 46.6 Å². The van der Waals surface area contributed by atoms with E-state index in [2.05, 4.69) is 20.8 Å². The van der Waals surface area contributed by atoms with Crippen molar-refractivity contribution in [2.24, 2.45) is 10.2 Å². The van der Waals surface area contributed by atoms with Crippen LogP contribution >= 0.6 is 11.8 Å². The predicted octanol–water partition coefficient (Wildman–Crippen LogP) is 0.593. The first-order chi connectivity index (χ1) is 13.0. The van der Waals surface area contributed by atoms with Gasteiger partial charge in [0.25, 0.3) is 0 Å². The Balaban J connectivity index is 1.53. The molecule has 0 radical (unpaired) electrons. The van der Waals surface area contributed by atoms with Crippen LogP contribution in [0.25, 0.3) is 0 Å². The van der Waals surface area contributed by atoms with Crippen molar-refractivity contribution in [1.29, 1.82) is 0 Å². The number of nitrogens with one attached hydrogen (secondary N) is 2. The fourth-order valence-electron chi connectivity index (χ4n) is 2.16. The lowest BCUT2D eigenvalue weighted by Gasteiger charge is -2.08. The minimum Gasteiger partial charge on any atom is -0.545 e. The third kappa shape index (κ3) is 5.05. The first-order valence-electron chi connectivity index (χ1n) is 7.74. The number of carbonyl (C=O) groups is 3. The summed E-state index contributed by atoms with van der Waals surface area (Å²) in [7, 11) is 0. The number of benzene rings is 1. The molecule has 1 aromatic heterocycles. The second-order valence-corrected chi connectivity index (χ2v) is 6.57. The molecule has 2 aromatic rings. The highest BCUT2D eigenvalue weighted by Gasteiger charge is 2.32. The molecule has 1 fully saturated rings. The van der Waals surface area contributed by atoms with E-state index in [1.165, 1.54) is 36.7 Å². The van der Waals surface area contributed by atoms with E-state index in [9.17, 15) is 19.5 Å². The number of carboxylic acids is 1. The summed E-state index contributed by atoms with van der Waals surface area (Å²) in [5.41, 5.74) is 0.431. The number of aromatic carboxylic acids is 1. The minimum absolute atomic E-state index is 0.00896. The molecule has 0 aliphatic carbocycles. The van der Waals surface area contributed by atoms with Gasteiger partial charge >= 0.3 is 0 Å². The van der Waals surface area contributed by atoms with Crippen molar-refractivity contribution in [3.05, 3.63) is 54.0 Å². The molecular formula is C17H13N4O5S-. The third-order valence-electron chi connectivity index (χ3n) is 3.43. The van der Waals surface area contributed by atoms with Crippen molar-refractivity contribution in [2.75, 3.05) is 5.32 Å². The first-order valence-corrected chi connectivity index (χ1v) is 8.62. The quantitative estimate of drug-likeness (QED) is 0.552. The molecule has 0 unspecified atom stereocenters. The van der Waals surface area contributed by atoms with Crippen molar-refractivity contribution in [3.63, 3.8) is 0 Å². The van der Waals surface area contributed by atoms with E-state index >= 15 is 0 Å². The smallest absolute Gasteiger partial charge is 0.240 e. The number of nitrogens with zero attached hydrogens (tertiary/aromatic N) is 2. The van der Waals surface area contributed by atoms with Crippen LogP contribution in [-0.2, 0) is 9.59 Å². The van der Waals surface area contributed by atoms with Gasteiger partial charge in [-0.05, 0) is 29.8 Å². The van der Waals surface area contributed by atoms with E-state index in [0.717, 1.165) is 11.8 Å². The molecule has 2 N–H and O–H groups in total. The van der Waals surface area contributed by atoms with Gasteiger partial charge in [0.1, 0.15) is 11.0 Å². The molecule has 1 aliphatic heterocycles. The number of rotatable bonds is 6. The standard InChI is InChI=1S/C17H14N4O5S/c22-14(19-11-5-3-10(4-6-11)16(24)25)8-13-15(23)20-17(27-13)21-18-9-12-2-1-7-26-12/h1-7,9,13H,8H2,(H,19,22)(H,24,25)(H,20,21,23)/p-1/b18-9-/t13-/m0/s1. The molecule has 0 saturated carbocycles. The Morgan fingerprint density at radius 3 is 2.74 bits per heavy atom. The molecule has 138 valence electrons. The van der Waals surface area contributed by atoms with Crippen LogP contribution in [-0.4, -0.2) is 34.4 Å². The van der Waals surface area contributed by atoms with Gasteiger partial charge in [0.2, 0.25) is 11.8 Å². The van der Waals surface area contributed by atoms with Crippen LogP contribution in [0.5, 0.6) is 0 Å². The molecule has 9 nitrogen and oxygen atoms in total. The van der Waals surface area contributed by atoms with Crippen LogP contribution in [0.2, 0.25) is 0 Å². The van der Waals surface area contributed by atoms with Gasteiger partial charge in [-0.25, -0.2) is 0 Å². The van der Waals surface area contributed by atoms with Crippen LogP contribution in [0, 0.1) is 0 Å². The van der Waals surface area contributed by atoms with Crippen LogP contribution in [0.3, 0.4) is 0 Å². The number of amidine groups is 1. The summed E-state index contributed by atoms with van der Waals surface area (Å²) in [5.74, 6) is -1.50. The number of furan rings is 1. The molecule has 2 heterocycles. The van der Waals surface area contributed by atoms with E-state index in [-0.39, 0.29) is 23.8 Å². The van der Waals surface area contributed by atoms with Crippen molar-refractivity contribution < 1.29 is 23.9 Å². The Morgan fingerprint density at radius 2 is 2.07 bits per heavy atom. The second kappa shape index (κ2) is 8.32. The molecule has 0 bridgehead atoms. The molecule has 2 amide bonds. The highest BCUT2D eigenvalue weighted by atomic mass is 32.2. The van der Waals surface area contributed by atoms with Crippen LogP contribution in [0.15, 0.2) is 57.3 Å². The average Bonchev–Trinajstić information content (AvgIpc) is 3.26. The van der Waals surface area contributed by atoms with E-state index in [1.54, 1.807) is 12.1 Å². The lowest BCUT2D eigenvalue weighted by atomic mass is 10.2. The highest BCUT2D eigenvalue weighted by molar-refractivity contribution is 8.15. The maximum Gasteiger partial charge on any atom is 0.240 e. The summed E-state index contributed by atoms with van der Waals surface area (Å²) in [5, 5.41) is 23.2. The summed E-state index contributed by atoms with van der Waals surface area (Å²) in [4.78, 5) is 34.7. The zero-order chi connectivity index (χ0) is 19.2. The number of hydrogen-bond donors (Lipinski definition) is 2. The number of thioether (sulfide) groups is 1. The van der Waals surface area contributed by atoms with Gasteiger partial charge in [-0.1, -0.05) is 23.9 Å². The molecule has 27 heavy (non-hydrogen) atoms. The zero-order valence-electron chi connectivity index (χ0n) is 13.7. The molecule has 1 aliphatic rings. The van der Waals surface area contributed by atoms with Gasteiger partial charge in [0, 0.05) is 12.1 Å². The molecule has 1 saturated heterocycles. The highest BCUT2D eigenvalue weighted by Crippen LogP contribution is 2.23. The van der Waals surface area contributed by atoms with Crippen LogP contribution in [0.1, 0.15) is 22.5 Å². The van der Waals surface area contributed by atoms with Crippen molar-refractivity contribution in [2.45, 2.75) is 11.7 Å². The first kappa shape index (κ1) is 18.4. The third-order valence-corrected chi connectivity index (χ3v) is 4.50. The van der Waals surface area contributed by atoms with Crippen molar-refractivity contribution in [1.82, 2.24) is 5.32 Å². The summed E-state index contributed by atoms with van der Waals surface area (Å²) in [6.45, 7) is 0. The van der Waals surface area contributed by atoms with Gasteiger partial charge in [0.15, 0.2) is 5.17 Å². The maximum atomic E-state index is 12.1. The monoisotopic (exact) mass is 385 g/mol. The molecule has 1 aromatic carbocycles. The van der Waals surface area contributed by atoms with E-state index in [0.29, 0.717) is 16.6 Å². The number of hydrogen-bond acceptors (Lipinski definition) is 8. The van der Waals surface area contributed by atoms with Crippen molar-refractivity contribution in [3.8, 4) is 0 Å². The fourth-order valence-corrected chi connectivity index (χ4v) is 3.08. The Hall–Kier alpha value is -3.40. The molecule has 1 atom stereocenters. The second-order valence-electron chi connectivity index (χ2n) is 5.38. The lowest BCUT2D eigenvalue weighted by molar-refractivity contribution is -0.255. The largest absolute Gasteiger partial charge is 0.545 e. The van der Waals surface area contributed by atoms with Gasteiger partial charge in [0.05, 0.1) is 18.4 Å². The van der Waals surface area contributed by atoms with E-state index in [4.69, 9.17) is 4.42 Å². The normalized spacial score (nSPS) is 18.0. The van der Waals surface area contributed by atoms with E-state index in [1.807, 2.05) is 0 Å². The Kier molecular flexibility index (Phi) is 5.67. The van der Waals surface area contributed by atoms with Gasteiger partial charge in [-0.2, -0.15) is 5.10 Å². The molecule has 3 rings (SSSR count). The topological polar surface area (TPSA) is 136 Å². The Morgan fingerprint density at radius 1 is 1.30 bits per heavy atom. The summed E-state index contributed by atoms with van der Waals surface area (Å²) in [6.07, 6.45) is 2.83. The fraction of sp³-hybridized carbons (Fsp3) is 0.118. The summed E-state index contributed by atoms with van der Waals surface area (Å²) < 4.78 is 5.07. The maximum absolute atomic E-state index is 12.1. The molecule has 0 spiro atoms. The SMILES string of the molecule is O=C(C[C@@H]1S/C(=N/N=C\c2ccco2)NC1=O)Nc1ccc(C(=O)[O-])cc1. The minimum atomic E-state index is -1.30. The predicted molar refractivity (Wildman–Crippen MR) is 97.3 cm³/mol. The molecule has 10 heteroatoms. The van der Waals surface area contributed by atoms with Gasteiger partial charge < -0.3 is 25.0 Å².